The minimum Gasteiger partial charge on any atom is -0.488 e. The molecule has 0 heterocycles. The van der Waals surface area contributed by atoms with Gasteiger partial charge in [0.2, 0.25) is 11.8 Å². The number of alkyl carbamates (subject to hydrolysis) is 1. The Kier molecular flexibility index (Phi) is 13.0. The van der Waals surface area contributed by atoms with E-state index in [9.17, 15) is 37.5 Å². The molecule has 3 aromatic carbocycles. The Morgan fingerprint density at radius 1 is 0.808 bits per heavy atom. The standard InChI is InChI=1S/C39H46F3N3O7/c1-6-23(2)33(35(47)43-31(36(48)49)19-20-39(40,41)42)45-34(46)32(21-24-15-17-25(18-16-24)52-38(3,4)5)44-37(50)51-22-30-28-13-9-7-11-26(28)27-12-8-10-14-29(27)30/h7-18,23,30-33H,6,19-22H2,1-5H3,(H,43,47)(H,44,50)(H,45,46)(H,48,49). The number of benzene rings is 3. The number of hydrogen-bond acceptors (Lipinski definition) is 6. The highest BCUT2D eigenvalue weighted by Gasteiger charge is 2.36. The van der Waals surface area contributed by atoms with E-state index in [-0.39, 0.29) is 18.9 Å². The fourth-order valence-corrected chi connectivity index (χ4v) is 6.06. The third-order valence-electron chi connectivity index (χ3n) is 8.86. The molecule has 3 aromatic rings. The minimum atomic E-state index is -4.63. The molecule has 52 heavy (non-hydrogen) atoms. The number of carbonyl (C=O) groups excluding carboxylic acids is 3. The van der Waals surface area contributed by atoms with Crippen LogP contribution in [0, 0.1) is 5.92 Å². The molecule has 1 aliphatic carbocycles. The molecule has 3 amide bonds. The van der Waals surface area contributed by atoms with Crippen LogP contribution in [-0.4, -0.2) is 65.5 Å². The van der Waals surface area contributed by atoms with Crippen LogP contribution < -0.4 is 20.7 Å². The molecule has 4 N–H and O–H groups in total. The maximum atomic E-state index is 13.9. The minimum absolute atomic E-state index is 0.0144. The fraction of sp³-hybridized carbons (Fsp3) is 0.436. The van der Waals surface area contributed by atoms with E-state index in [1.165, 1.54) is 0 Å². The predicted octanol–water partition coefficient (Wildman–Crippen LogP) is 6.76. The first-order chi connectivity index (χ1) is 24.5. The van der Waals surface area contributed by atoms with Crippen LogP contribution in [0.1, 0.15) is 76.5 Å². The number of alkyl halides is 3. The Balaban J connectivity index is 1.53. The molecule has 0 bridgehead atoms. The smallest absolute Gasteiger partial charge is 0.407 e. The first-order valence-electron chi connectivity index (χ1n) is 17.3. The summed E-state index contributed by atoms with van der Waals surface area (Å²) in [6.07, 6.45) is -7.47. The second-order valence-electron chi connectivity index (χ2n) is 14.0. The Bertz CT molecular complexity index is 1680. The molecular weight excluding hydrogens is 679 g/mol. The SMILES string of the molecule is CCC(C)C(NC(=O)C(Cc1ccc(OC(C)(C)C)cc1)NC(=O)OCC1c2ccccc2-c2ccccc21)C(=O)NC(CCC(F)(F)F)C(=O)O. The van der Waals surface area contributed by atoms with E-state index in [2.05, 4.69) is 16.0 Å². The van der Waals surface area contributed by atoms with Gasteiger partial charge in [0, 0.05) is 18.8 Å². The van der Waals surface area contributed by atoms with Gasteiger partial charge in [-0.25, -0.2) is 9.59 Å². The predicted molar refractivity (Wildman–Crippen MR) is 189 cm³/mol. The van der Waals surface area contributed by atoms with Crippen LogP contribution in [0.4, 0.5) is 18.0 Å². The summed E-state index contributed by atoms with van der Waals surface area (Å²) in [5.74, 6) is -3.56. The molecule has 0 fully saturated rings. The molecule has 13 heteroatoms. The number of aliphatic carboxylic acids is 1. The van der Waals surface area contributed by atoms with Gasteiger partial charge in [0.25, 0.3) is 0 Å². The van der Waals surface area contributed by atoms with Crippen molar-refractivity contribution in [2.75, 3.05) is 6.61 Å². The molecule has 0 saturated heterocycles. The van der Waals surface area contributed by atoms with Crippen LogP contribution in [0.5, 0.6) is 5.75 Å². The Morgan fingerprint density at radius 3 is 1.90 bits per heavy atom. The van der Waals surface area contributed by atoms with Crippen molar-refractivity contribution >= 4 is 23.9 Å². The lowest BCUT2D eigenvalue weighted by molar-refractivity contribution is -0.148. The lowest BCUT2D eigenvalue weighted by atomic mass is 9.96. The number of fused-ring (bicyclic) bond motifs is 3. The van der Waals surface area contributed by atoms with E-state index >= 15 is 0 Å². The molecule has 10 nitrogen and oxygen atoms in total. The lowest BCUT2D eigenvalue weighted by Crippen LogP contribution is -2.58. The van der Waals surface area contributed by atoms with Crippen molar-refractivity contribution in [1.82, 2.24) is 16.0 Å². The molecule has 4 rings (SSSR count). The topological polar surface area (TPSA) is 143 Å². The summed E-state index contributed by atoms with van der Waals surface area (Å²) in [6.45, 7) is 9.07. The van der Waals surface area contributed by atoms with Crippen molar-refractivity contribution in [2.24, 2.45) is 5.92 Å². The number of rotatable bonds is 15. The quantitative estimate of drug-likeness (QED) is 0.136. The second-order valence-corrected chi connectivity index (χ2v) is 14.0. The highest BCUT2D eigenvalue weighted by molar-refractivity contribution is 5.93. The average Bonchev–Trinajstić information content (AvgIpc) is 3.40. The Morgan fingerprint density at radius 2 is 1.38 bits per heavy atom. The normalized spacial score (nSPS) is 14.9. The number of hydrogen-bond donors (Lipinski definition) is 4. The van der Waals surface area contributed by atoms with Crippen molar-refractivity contribution < 1.29 is 46.9 Å². The molecule has 0 aromatic heterocycles. The van der Waals surface area contributed by atoms with Gasteiger partial charge < -0.3 is 30.5 Å². The second kappa shape index (κ2) is 17.0. The van der Waals surface area contributed by atoms with E-state index in [1.807, 2.05) is 69.3 Å². The maximum absolute atomic E-state index is 13.9. The van der Waals surface area contributed by atoms with E-state index < -0.39 is 72.5 Å². The average molecular weight is 726 g/mol. The molecule has 0 radical (unpaired) electrons. The highest BCUT2D eigenvalue weighted by Crippen LogP contribution is 2.44. The van der Waals surface area contributed by atoms with Crippen LogP contribution >= 0.6 is 0 Å². The van der Waals surface area contributed by atoms with Crippen LogP contribution in [0.3, 0.4) is 0 Å². The molecule has 1 aliphatic rings. The van der Waals surface area contributed by atoms with Gasteiger partial charge in [0.1, 0.15) is 36.1 Å². The molecule has 4 unspecified atom stereocenters. The number of amides is 3. The maximum Gasteiger partial charge on any atom is 0.407 e. The van der Waals surface area contributed by atoms with Crippen molar-refractivity contribution in [1.29, 1.82) is 0 Å². The molecule has 0 aliphatic heterocycles. The van der Waals surface area contributed by atoms with Crippen LogP contribution in [0.25, 0.3) is 11.1 Å². The highest BCUT2D eigenvalue weighted by atomic mass is 19.4. The summed E-state index contributed by atoms with van der Waals surface area (Å²) in [5, 5.41) is 16.9. The Labute approximate surface area is 301 Å². The van der Waals surface area contributed by atoms with E-state index in [0.29, 0.717) is 17.7 Å². The fourth-order valence-electron chi connectivity index (χ4n) is 6.06. The first kappa shape index (κ1) is 39.7. The lowest BCUT2D eigenvalue weighted by Gasteiger charge is -2.28. The number of ether oxygens (including phenoxy) is 2. The van der Waals surface area contributed by atoms with Gasteiger partial charge in [-0.3, -0.25) is 9.59 Å². The summed E-state index contributed by atoms with van der Waals surface area (Å²) in [5.41, 5.74) is 4.28. The summed E-state index contributed by atoms with van der Waals surface area (Å²) < 4.78 is 50.2. The number of carbonyl (C=O) groups is 4. The zero-order valence-electron chi connectivity index (χ0n) is 29.9. The van der Waals surface area contributed by atoms with Gasteiger partial charge >= 0.3 is 18.2 Å². The van der Waals surface area contributed by atoms with Crippen molar-refractivity contribution in [3.63, 3.8) is 0 Å². The molecular formula is C39H46F3N3O7. The first-order valence-corrected chi connectivity index (χ1v) is 17.3. The number of carboxylic acid groups (broad SMARTS) is 1. The number of halogens is 3. The van der Waals surface area contributed by atoms with Crippen LogP contribution in [0.15, 0.2) is 72.8 Å². The summed E-state index contributed by atoms with van der Waals surface area (Å²) in [7, 11) is 0. The van der Waals surface area contributed by atoms with Gasteiger partial charge in [-0.05, 0) is 73.1 Å². The van der Waals surface area contributed by atoms with E-state index in [1.54, 1.807) is 38.1 Å². The van der Waals surface area contributed by atoms with Crippen molar-refractivity contribution in [3.8, 4) is 16.9 Å². The zero-order valence-corrected chi connectivity index (χ0v) is 29.9. The molecule has 280 valence electrons. The third-order valence-corrected chi connectivity index (χ3v) is 8.86. The van der Waals surface area contributed by atoms with Gasteiger partial charge in [0.05, 0.1) is 0 Å². The number of nitrogens with one attached hydrogen (secondary N) is 3. The summed E-state index contributed by atoms with van der Waals surface area (Å²) in [4.78, 5) is 52.3. The monoisotopic (exact) mass is 725 g/mol. The van der Waals surface area contributed by atoms with Gasteiger partial charge in [-0.2, -0.15) is 13.2 Å². The van der Waals surface area contributed by atoms with Crippen molar-refractivity contribution in [2.45, 2.75) is 96.1 Å². The molecule has 4 atom stereocenters. The van der Waals surface area contributed by atoms with Crippen LogP contribution in [0.2, 0.25) is 0 Å². The zero-order chi connectivity index (χ0) is 38.2. The van der Waals surface area contributed by atoms with Gasteiger partial charge in [-0.1, -0.05) is 80.9 Å². The Hall–Kier alpha value is -5.07. The van der Waals surface area contributed by atoms with Crippen LogP contribution in [-0.2, 0) is 25.5 Å². The van der Waals surface area contributed by atoms with Crippen molar-refractivity contribution in [3.05, 3.63) is 89.5 Å². The number of carboxylic acids is 1. The largest absolute Gasteiger partial charge is 0.488 e. The summed E-state index contributed by atoms with van der Waals surface area (Å²) >= 11 is 0. The molecule has 0 spiro atoms. The van der Waals surface area contributed by atoms with E-state index in [0.717, 1.165) is 22.3 Å². The van der Waals surface area contributed by atoms with E-state index in [4.69, 9.17) is 9.47 Å². The molecule has 0 saturated carbocycles. The summed E-state index contributed by atoms with van der Waals surface area (Å²) in [6, 6.07) is 18.2. The van der Waals surface area contributed by atoms with Gasteiger partial charge in [-0.15, -0.1) is 0 Å². The third kappa shape index (κ3) is 11.0. The van der Waals surface area contributed by atoms with Gasteiger partial charge in [0.15, 0.2) is 0 Å².